The molecule has 8 heteroatoms. The van der Waals surface area contributed by atoms with Gasteiger partial charge in [0.05, 0.1) is 0 Å². The number of halogens is 1. The van der Waals surface area contributed by atoms with E-state index in [-0.39, 0.29) is 5.16 Å². The van der Waals surface area contributed by atoms with Gasteiger partial charge in [-0.3, -0.25) is 0 Å². The molecule has 0 N–H and O–H groups in total. The summed E-state index contributed by atoms with van der Waals surface area (Å²) in [6.45, 7) is 2.88. The summed E-state index contributed by atoms with van der Waals surface area (Å²) in [5.41, 5.74) is 0. The van der Waals surface area contributed by atoms with Gasteiger partial charge in [0.25, 0.3) is 14.2 Å². The normalized spacial score (nSPS) is 11.9. The van der Waals surface area contributed by atoms with Gasteiger partial charge in [0.1, 0.15) is 5.82 Å². The molecule has 1 rings (SSSR count). The Morgan fingerprint density at radius 3 is 2.62 bits per heavy atom. The van der Waals surface area contributed by atoms with Crippen LogP contribution in [0.15, 0.2) is 5.16 Å². The van der Waals surface area contributed by atoms with Crippen LogP contribution in [0, 0.1) is 0 Å². The molecular formula is C8H14ClN3O3S. The smallest absolute Gasteiger partial charge is 0.296 e. The van der Waals surface area contributed by atoms with Crippen LogP contribution < -0.4 is 0 Å². The molecule has 0 saturated heterocycles. The van der Waals surface area contributed by atoms with E-state index in [0.717, 1.165) is 6.42 Å². The predicted octanol–water partition coefficient (Wildman–Crippen LogP) is 0.805. The second-order valence-electron chi connectivity index (χ2n) is 3.18. The summed E-state index contributed by atoms with van der Waals surface area (Å²) < 4.78 is 28.8. The fraction of sp³-hybridized carbons (Fsp3) is 0.750. The number of methoxy groups -OCH3 is 1. The highest BCUT2D eigenvalue weighted by atomic mass is 35.7. The summed E-state index contributed by atoms with van der Waals surface area (Å²) in [7, 11) is 3.03. The molecule has 0 aliphatic carbocycles. The maximum Gasteiger partial charge on any atom is 0.296 e. The molecule has 1 aromatic heterocycles. The Kier molecular flexibility index (Phi) is 4.69. The molecule has 0 unspecified atom stereocenters. The van der Waals surface area contributed by atoms with Crippen molar-refractivity contribution in [1.82, 2.24) is 14.8 Å². The maximum absolute atomic E-state index is 11.2. The second-order valence-corrected chi connectivity index (χ2v) is 5.64. The zero-order valence-electron chi connectivity index (χ0n) is 9.18. The van der Waals surface area contributed by atoms with Crippen LogP contribution in [0.5, 0.6) is 0 Å². The van der Waals surface area contributed by atoms with E-state index in [1.54, 1.807) is 7.11 Å². The number of rotatable bonds is 6. The molecule has 92 valence electrons. The van der Waals surface area contributed by atoms with Crippen molar-refractivity contribution in [2.45, 2.75) is 31.5 Å². The summed E-state index contributed by atoms with van der Waals surface area (Å²) in [4.78, 5) is 0. The minimum absolute atomic E-state index is 0.191. The minimum atomic E-state index is -3.83. The van der Waals surface area contributed by atoms with Gasteiger partial charge in [-0.25, -0.2) is 8.42 Å². The molecule has 6 nitrogen and oxygen atoms in total. The second kappa shape index (κ2) is 5.60. The average Bonchev–Trinajstić information content (AvgIpc) is 2.60. The van der Waals surface area contributed by atoms with Crippen LogP contribution in [-0.2, 0) is 26.8 Å². The summed E-state index contributed by atoms with van der Waals surface area (Å²) >= 11 is 0. The van der Waals surface area contributed by atoms with Crippen molar-refractivity contribution in [3.63, 3.8) is 0 Å². The van der Waals surface area contributed by atoms with Crippen LogP contribution in [0.25, 0.3) is 0 Å². The molecule has 1 heterocycles. The molecule has 0 spiro atoms. The third kappa shape index (κ3) is 3.16. The van der Waals surface area contributed by atoms with Crippen LogP contribution in [0.4, 0.5) is 0 Å². The first kappa shape index (κ1) is 13.4. The van der Waals surface area contributed by atoms with Gasteiger partial charge in [-0.15, -0.1) is 10.2 Å². The van der Waals surface area contributed by atoms with Crippen molar-refractivity contribution in [2.75, 3.05) is 13.7 Å². The number of hydrogen-bond donors (Lipinski definition) is 0. The quantitative estimate of drug-likeness (QED) is 0.563. The molecule has 0 amide bonds. The molecule has 0 aliphatic heterocycles. The standard InChI is InChI=1S/C8H14ClN3O3S/c1-3-12-7(5-4-6-15-2)10-11-8(12)16(9,13)14/h3-6H2,1-2H3. The number of ether oxygens (including phenoxy) is 1. The van der Waals surface area contributed by atoms with Crippen LogP contribution in [0.2, 0.25) is 0 Å². The fourth-order valence-corrected chi connectivity index (χ4v) is 2.36. The molecule has 0 fully saturated rings. The number of aryl methyl sites for hydroxylation is 1. The van der Waals surface area contributed by atoms with Crippen LogP contribution in [0.3, 0.4) is 0 Å². The van der Waals surface area contributed by atoms with Gasteiger partial charge in [-0.05, 0) is 13.3 Å². The lowest BCUT2D eigenvalue weighted by atomic mass is 10.3. The van der Waals surface area contributed by atoms with E-state index in [4.69, 9.17) is 15.4 Å². The van der Waals surface area contributed by atoms with Crippen molar-refractivity contribution in [2.24, 2.45) is 0 Å². The number of aromatic nitrogens is 3. The first-order chi connectivity index (χ1) is 7.50. The van der Waals surface area contributed by atoms with E-state index >= 15 is 0 Å². The molecule has 0 saturated carbocycles. The van der Waals surface area contributed by atoms with Gasteiger partial charge in [0.2, 0.25) is 0 Å². The van der Waals surface area contributed by atoms with Crippen LogP contribution in [-0.4, -0.2) is 36.9 Å². The lowest BCUT2D eigenvalue weighted by molar-refractivity contribution is 0.194. The van der Waals surface area contributed by atoms with E-state index in [0.29, 0.717) is 25.4 Å². The Labute approximate surface area is 99.0 Å². The van der Waals surface area contributed by atoms with E-state index in [1.807, 2.05) is 6.92 Å². The maximum atomic E-state index is 11.2. The molecule has 0 bridgehead atoms. The van der Waals surface area contributed by atoms with Gasteiger partial charge in [-0.1, -0.05) is 0 Å². The predicted molar refractivity (Wildman–Crippen MR) is 58.9 cm³/mol. The minimum Gasteiger partial charge on any atom is -0.385 e. The highest BCUT2D eigenvalue weighted by molar-refractivity contribution is 8.13. The van der Waals surface area contributed by atoms with Crippen molar-refractivity contribution in [3.05, 3.63) is 5.82 Å². The lowest BCUT2D eigenvalue weighted by Crippen LogP contribution is -2.09. The zero-order valence-corrected chi connectivity index (χ0v) is 10.8. The van der Waals surface area contributed by atoms with Gasteiger partial charge in [0.15, 0.2) is 0 Å². The van der Waals surface area contributed by atoms with Crippen molar-refractivity contribution in [1.29, 1.82) is 0 Å². The van der Waals surface area contributed by atoms with E-state index in [1.165, 1.54) is 4.57 Å². The Morgan fingerprint density at radius 1 is 1.44 bits per heavy atom. The average molecular weight is 268 g/mol. The SMILES string of the molecule is CCn1c(CCCOC)nnc1S(=O)(=O)Cl. The number of hydrogen-bond acceptors (Lipinski definition) is 5. The van der Waals surface area contributed by atoms with Gasteiger partial charge in [0, 0.05) is 37.4 Å². The molecular weight excluding hydrogens is 254 g/mol. The zero-order chi connectivity index (χ0) is 12.2. The van der Waals surface area contributed by atoms with E-state index in [2.05, 4.69) is 10.2 Å². The largest absolute Gasteiger partial charge is 0.385 e. The van der Waals surface area contributed by atoms with Crippen LogP contribution in [0.1, 0.15) is 19.2 Å². The molecule has 16 heavy (non-hydrogen) atoms. The van der Waals surface area contributed by atoms with Crippen molar-refractivity contribution >= 4 is 19.7 Å². The molecule has 0 aromatic carbocycles. The third-order valence-electron chi connectivity index (χ3n) is 2.08. The molecule has 1 aromatic rings. The Hall–Kier alpha value is -0.660. The summed E-state index contributed by atoms with van der Waals surface area (Å²) in [5, 5.41) is 7.22. The number of nitrogens with zero attached hydrogens (tertiary/aromatic N) is 3. The summed E-state index contributed by atoms with van der Waals surface area (Å²) in [5.74, 6) is 0.610. The summed E-state index contributed by atoms with van der Waals surface area (Å²) in [6.07, 6.45) is 1.37. The highest BCUT2D eigenvalue weighted by Gasteiger charge is 2.21. The Balaban J connectivity index is 2.91. The topological polar surface area (TPSA) is 74.1 Å². The van der Waals surface area contributed by atoms with Gasteiger partial charge in [-0.2, -0.15) is 0 Å². The highest BCUT2D eigenvalue weighted by Crippen LogP contribution is 2.14. The molecule has 0 aliphatic rings. The van der Waals surface area contributed by atoms with Crippen LogP contribution >= 0.6 is 10.7 Å². The molecule has 0 atom stereocenters. The Bertz CT molecular complexity index is 443. The van der Waals surface area contributed by atoms with Gasteiger partial charge >= 0.3 is 0 Å². The first-order valence-electron chi connectivity index (χ1n) is 4.86. The molecule has 0 radical (unpaired) electrons. The first-order valence-corrected chi connectivity index (χ1v) is 7.17. The van der Waals surface area contributed by atoms with Gasteiger partial charge < -0.3 is 9.30 Å². The third-order valence-corrected chi connectivity index (χ3v) is 3.23. The Morgan fingerprint density at radius 2 is 2.12 bits per heavy atom. The van der Waals surface area contributed by atoms with E-state index < -0.39 is 9.05 Å². The van der Waals surface area contributed by atoms with Crippen molar-refractivity contribution < 1.29 is 13.2 Å². The van der Waals surface area contributed by atoms with E-state index in [9.17, 15) is 8.42 Å². The lowest BCUT2D eigenvalue weighted by Gasteiger charge is -2.04. The fourth-order valence-electron chi connectivity index (χ4n) is 1.38. The van der Waals surface area contributed by atoms with Crippen molar-refractivity contribution in [3.8, 4) is 0 Å². The monoisotopic (exact) mass is 267 g/mol. The summed E-state index contributed by atoms with van der Waals surface area (Å²) in [6, 6.07) is 0.